The summed E-state index contributed by atoms with van der Waals surface area (Å²) >= 11 is 0. The summed E-state index contributed by atoms with van der Waals surface area (Å²) < 4.78 is 59.2. The van der Waals surface area contributed by atoms with Crippen molar-refractivity contribution in [2.45, 2.75) is 25.7 Å². The van der Waals surface area contributed by atoms with Crippen LogP contribution in [0.5, 0.6) is 0 Å². The molecule has 1 unspecified atom stereocenters. The maximum atomic E-state index is 11.4. The SMILES string of the molecule is CC1C(=O)CCc2ccccc21.F[P-](F)(F)(F)(F)F.[CH]1[CH][CH][CH][CH]1.[Ru+2]. The Morgan fingerprint density at radius 3 is 1.68 bits per heavy atom. The van der Waals surface area contributed by atoms with Crippen LogP contribution >= 0.6 is 7.81 Å². The molecule has 141 valence electrons. The average Bonchev–Trinajstić information content (AvgIpc) is 2.99. The van der Waals surface area contributed by atoms with Crippen LogP contribution in [0, 0.1) is 32.1 Å². The first kappa shape index (κ1) is 24.5. The van der Waals surface area contributed by atoms with Gasteiger partial charge in [0.15, 0.2) is 0 Å². The van der Waals surface area contributed by atoms with Crippen LogP contribution in [0.3, 0.4) is 0 Å². The summed E-state index contributed by atoms with van der Waals surface area (Å²) in [6, 6.07) is 8.24. The first-order chi connectivity index (χ1) is 10.7. The molecular formula is C16H17F6OPRu+. The fourth-order valence-corrected chi connectivity index (χ4v) is 2.15. The van der Waals surface area contributed by atoms with Crippen molar-refractivity contribution in [1.82, 2.24) is 0 Å². The Morgan fingerprint density at radius 1 is 0.840 bits per heavy atom. The summed E-state index contributed by atoms with van der Waals surface area (Å²) in [5, 5.41) is 0. The standard InChI is InChI=1S/C11H12O.C5H5.F6P.Ru/c1-8-10-5-3-2-4-9(10)6-7-11(8)12;1-2-4-5-3-1;1-7(2,3,4,5)6;/h2-5,8H,6-7H2,1H3;1-5H;;/q;;-1;+2. The second-order valence-electron chi connectivity index (χ2n) is 5.31. The number of ketones is 1. The molecule has 0 heterocycles. The zero-order chi connectivity index (χ0) is 18.5. The van der Waals surface area contributed by atoms with Crippen molar-refractivity contribution in [3.8, 4) is 0 Å². The second kappa shape index (κ2) is 8.48. The number of halogens is 6. The summed E-state index contributed by atoms with van der Waals surface area (Å²) in [5.74, 6) is 0.503. The van der Waals surface area contributed by atoms with Gasteiger partial charge in [0.05, 0.1) is 0 Å². The van der Waals surface area contributed by atoms with Gasteiger partial charge in [-0.2, -0.15) is 0 Å². The van der Waals surface area contributed by atoms with Crippen molar-refractivity contribution in [2.75, 3.05) is 0 Å². The summed E-state index contributed by atoms with van der Waals surface area (Å²) in [6.45, 7) is 2.00. The summed E-state index contributed by atoms with van der Waals surface area (Å²) in [4.78, 5) is 11.4. The quantitative estimate of drug-likeness (QED) is 0.234. The summed E-state index contributed by atoms with van der Waals surface area (Å²) in [6.07, 6.45) is 11.7. The molecule has 3 rings (SSSR count). The van der Waals surface area contributed by atoms with Crippen molar-refractivity contribution >= 4 is 13.6 Å². The third kappa shape index (κ3) is 13.4. The molecule has 2 aliphatic rings. The summed E-state index contributed by atoms with van der Waals surface area (Å²) in [5.41, 5.74) is 2.58. The van der Waals surface area contributed by atoms with E-state index >= 15 is 0 Å². The molecule has 1 atom stereocenters. The number of carbonyl (C=O) groups excluding carboxylic acids is 1. The van der Waals surface area contributed by atoms with E-state index in [-0.39, 0.29) is 25.4 Å². The number of Topliss-reactive ketones (excluding diaryl/α,β-unsaturated/α-hetero) is 1. The number of hydrogen-bond donors (Lipinski definition) is 0. The molecular weight excluding hydrogens is 454 g/mol. The number of rotatable bonds is 0. The minimum Gasteiger partial charge on any atom is -0.0312 e. The first-order valence-corrected chi connectivity index (χ1v) is 9.10. The van der Waals surface area contributed by atoms with Gasteiger partial charge in [0.1, 0.15) is 5.78 Å². The van der Waals surface area contributed by atoms with Crippen LogP contribution in [0.25, 0.3) is 0 Å². The van der Waals surface area contributed by atoms with E-state index < -0.39 is 7.81 Å². The van der Waals surface area contributed by atoms with E-state index in [2.05, 4.69) is 12.1 Å². The van der Waals surface area contributed by atoms with Crippen LogP contribution in [0.15, 0.2) is 24.3 Å². The van der Waals surface area contributed by atoms with E-state index in [1.165, 1.54) is 11.1 Å². The second-order valence-corrected chi connectivity index (χ2v) is 7.22. The Morgan fingerprint density at radius 2 is 1.24 bits per heavy atom. The molecule has 1 fully saturated rings. The Labute approximate surface area is 156 Å². The molecule has 2 aliphatic carbocycles. The van der Waals surface area contributed by atoms with E-state index in [9.17, 15) is 30.0 Å². The van der Waals surface area contributed by atoms with Gasteiger partial charge in [-0.15, -0.1) is 0 Å². The molecule has 0 amide bonds. The van der Waals surface area contributed by atoms with Gasteiger partial charge >= 0.3 is 52.5 Å². The summed E-state index contributed by atoms with van der Waals surface area (Å²) in [7, 11) is -10.7. The number of benzene rings is 1. The Hall–Kier alpha value is -0.477. The molecule has 5 radical (unpaired) electrons. The molecule has 0 bridgehead atoms. The molecule has 9 heteroatoms. The van der Waals surface area contributed by atoms with E-state index in [1.807, 2.05) is 51.2 Å². The normalized spacial score (nSPS) is 21.9. The van der Waals surface area contributed by atoms with Crippen molar-refractivity contribution in [1.29, 1.82) is 0 Å². The molecule has 1 aromatic carbocycles. The van der Waals surface area contributed by atoms with Gasteiger partial charge in [0.25, 0.3) is 0 Å². The number of fused-ring (bicyclic) bond motifs is 1. The third-order valence-electron chi connectivity index (χ3n) is 3.20. The maximum Gasteiger partial charge on any atom is 2.00 e. The zero-order valence-corrected chi connectivity index (χ0v) is 15.8. The topological polar surface area (TPSA) is 17.1 Å². The Kier molecular flexibility index (Phi) is 8.31. The predicted molar refractivity (Wildman–Crippen MR) is 83.3 cm³/mol. The van der Waals surface area contributed by atoms with E-state index in [4.69, 9.17) is 0 Å². The van der Waals surface area contributed by atoms with Crippen LogP contribution in [0.1, 0.15) is 30.4 Å². The van der Waals surface area contributed by atoms with Gasteiger partial charge in [-0.05, 0) is 49.7 Å². The van der Waals surface area contributed by atoms with Crippen LogP contribution in [0.2, 0.25) is 0 Å². The molecule has 25 heavy (non-hydrogen) atoms. The molecule has 0 N–H and O–H groups in total. The Bertz CT molecular complexity index is 550. The van der Waals surface area contributed by atoms with Gasteiger partial charge in [-0.25, -0.2) is 0 Å². The number of aryl methyl sites for hydroxylation is 1. The van der Waals surface area contributed by atoms with Gasteiger partial charge in [-0.1, -0.05) is 31.2 Å². The Balaban J connectivity index is 0.000000380. The van der Waals surface area contributed by atoms with Crippen LogP contribution in [0.4, 0.5) is 25.2 Å². The van der Waals surface area contributed by atoms with Crippen LogP contribution in [-0.4, -0.2) is 5.78 Å². The molecule has 0 aliphatic heterocycles. The van der Waals surface area contributed by atoms with Crippen molar-refractivity contribution in [3.63, 3.8) is 0 Å². The van der Waals surface area contributed by atoms with Gasteiger partial charge < -0.3 is 0 Å². The smallest absolute Gasteiger partial charge is 0.0312 e. The third-order valence-corrected chi connectivity index (χ3v) is 3.20. The predicted octanol–water partition coefficient (Wildman–Crippen LogP) is 6.71. The number of hydrogen-bond acceptors (Lipinski definition) is 1. The van der Waals surface area contributed by atoms with E-state index in [0.717, 1.165) is 12.8 Å². The number of carbonyl (C=O) groups is 1. The largest absolute Gasteiger partial charge is 2.00 e. The van der Waals surface area contributed by atoms with Crippen molar-refractivity contribution < 1.29 is 49.5 Å². The molecule has 0 aromatic heterocycles. The molecule has 1 nitrogen and oxygen atoms in total. The monoisotopic (exact) mass is 472 g/mol. The fraction of sp³-hybridized carbons (Fsp3) is 0.250. The molecule has 0 spiro atoms. The zero-order valence-electron chi connectivity index (χ0n) is 13.2. The minimum absolute atomic E-state index is 0. The van der Waals surface area contributed by atoms with E-state index in [0.29, 0.717) is 5.78 Å². The van der Waals surface area contributed by atoms with E-state index in [1.54, 1.807) is 0 Å². The average molecular weight is 471 g/mol. The van der Waals surface area contributed by atoms with Crippen LogP contribution < -0.4 is 0 Å². The molecule has 0 saturated heterocycles. The van der Waals surface area contributed by atoms with Gasteiger partial charge in [-0.3, -0.25) is 4.79 Å². The molecule has 1 saturated carbocycles. The minimum atomic E-state index is -10.7. The van der Waals surface area contributed by atoms with Gasteiger partial charge in [0, 0.05) is 12.3 Å². The van der Waals surface area contributed by atoms with Crippen LogP contribution in [-0.2, 0) is 30.7 Å². The van der Waals surface area contributed by atoms with Crippen molar-refractivity contribution in [2.24, 2.45) is 0 Å². The van der Waals surface area contributed by atoms with Crippen molar-refractivity contribution in [3.05, 3.63) is 67.5 Å². The van der Waals surface area contributed by atoms with Gasteiger partial charge in [0.2, 0.25) is 0 Å². The first-order valence-electron chi connectivity index (χ1n) is 7.07. The fourth-order valence-electron chi connectivity index (χ4n) is 2.15. The molecule has 1 aromatic rings. The maximum absolute atomic E-state index is 11.4.